The molecule has 0 aliphatic carbocycles. The first-order valence-electron chi connectivity index (χ1n) is 5.49. The van der Waals surface area contributed by atoms with E-state index < -0.39 is 0 Å². The zero-order valence-electron chi connectivity index (χ0n) is 9.89. The summed E-state index contributed by atoms with van der Waals surface area (Å²) in [6.45, 7) is 0. The number of hydrogen-bond acceptors (Lipinski definition) is 5. The lowest BCUT2D eigenvalue weighted by Gasteiger charge is -2.04. The van der Waals surface area contributed by atoms with Crippen LogP contribution < -0.4 is 11.1 Å². The standard InChI is InChI=1S/C11H12FN5OS/c12-7-2-1-3-8(6-7)14-9(18)4-5-19-11-15-10(13)16-17-11/h1-3,6H,4-5H2,(H,14,18)(H3,13,15,16,17). The van der Waals surface area contributed by atoms with Gasteiger partial charge in [0.15, 0.2) is 0 Å². The van der Waals surface area contributed by atoms with E-state index in [1.807, 2.05) is 0 Å². The third kappa shape index (κ3) is 4.25. The van der Waals surface area contributed by atoms with Crippen LogP contribution >= 0.6 is 11.8 Å². The lowest BCUT2D eigenvalue weighted by molar-refractivity contribution is -0.115. The highest BCUT2D eigenvalue weighted by Gasteiger charge is 2.06. The minimum atomic E-state index is -0.386. The number of nitrogens with zero attached hydrogens (tertiary/aromatic N) is 2. The maximum Gasteiger partial charge on any atom is 0.225 e. The van der Waals surface area contributed by atoms with Crippen LogP contribution in [0.5, 0.6) is 0 Å². The number of nitrogens with two attached hydrogens (primary N) is 1. The number of rotatable bonds is 5. The van der Waals surface area contributed by atoms with Crippen molar-refractivity contribution >= 4 is 29.3 Å². The Labute approximate surface area is 113 Å². The van der Waals surface area contributed by atoms with Crippen molar-refractivity contribution in [1.29, 1.82) is 0 Å². The molecule has 1 amide bonds. The van der Waals surface area contributed by atoms with Gasteiger partial charge in [0.05, 0.1) is 0 Å². The van der Waals surface area contributed by atoms with Crippen LogP contribution in [0.25, 0.3) is 0 Å². The van der Waals surface area contributed by atoms with Crippen molar-refractivity contribution in [2.75, 3.05) is 16.8 Å². The number of halogens is 1. The smallest absolute Gasteiger partial charge is 0.225 e. The van der Waals surface area contributed by atoms with Crippen LogP contribution in [-0.4, -0.2) is 26.8 Å². The zero-order valence-corrected chi connectivity index (χ0v) is 10.7. The first kappa shape index (κ1) is 13.3. The van der Waals surface area contributed by atoms with Crippen molar-refractivity contribution in [2.45, 2.75) is 11.6 Å². The highest BCUT2D eigenvalue weighted by atomic mass is 32.2. The maximum atomic E-state index is 12.9. The van der Waals surface area contributed by atoms with Crippen molar-refractivity contribution in [1.82, 2.24) is 15.2 Å². The molecule has 2 rings (SSSR count). The van der Waals surface area contributed by atoms with E-state index in [9.17, 15) is 9.18 Å². The minimum absolute atomic E-state index is 0.193. The molecular formula is C11H12FN5OS. The molecule has 19 heavy (non-hydrogen) atoms. The summed E-state index contributed by atoms with van der Waals surface area (Å²) in [6.07, 6.45) is 0.273. The largest absolute Gasteiger partial charge is 0.368 e. The molecule has 0 radical (unpaired) electrons. The average molecular weight is 281 g/mol. The van der Waals surface area contributed by atoms with Gasteiger partial charge in [-0.05, 0) is 18.2 Å². The predicted octanol–water partition coefficient (Wildman–Crippen LogP) is 1.65. The molecule has 0 unspecified atom stereocenters. The van der Waals surface area contributed by atoms with Crippen LogP contribution in [-0.2, 0) is 4.79 Å². The highest BCUT2D eigenvalue weighted by Crippen LogP contribution is 2.15. The molecule has 0 saturated heterocycles. The number of aromatic amines is 1. The molecule has 1 heterocycles. The lowest BCUT2D eigenvalue weighted by atomic mass is 10.3. The number of anilines is 2. The van der Waals surface area contributed by atoms with Gasteiger partial charge in [-0.3, -0.25) is 4.79 Å². The number of hydrogen-bond donors (Lipinski definition) is 3. The number of nitrogens with one attached hydrogen (secondary N) is 2. The molecule has 1 aromatic carbocycles. The van der Waals surface area contributed by atoms with E-state index in [1.165, 1.54) is 30.0 Å². The Kier molecular flexibility index (Phi) is 4.35. The van der Waals surface area contributed by atoms with E-state index in [2.05, 4.69) is 20.5 Å². The fourth-order valence-electron chi connectivity index (χ4n) is 1.35. The molecule has 100 valence electrons. The van der Waals surface area contributed by atoms with Gasteiger partial charge in [0.2, 0.25) is 17.0 Å². The number of aromatic nitrogens is 3. The number of amides is 1. The Hall–Kier alpha value is -2.09. The average Bonchev–Trinajstić information content (AvgIpc) is 2.75. The van der Waals surface area contributed by atoms with E-state index in [0.29, 0.717) is 16.6 Å². The van der Waals surface area contributed by atoms with Gasteiger partial charge < -0.3 is 11.1 Å². The van der Waals surface area contributed by atoms with Crippen molar-refractivity contribution < 1.29 is 9.18 Å². The summed E-state index contributed by atoms with van der Waals surface area (Å²) in [5.74, 6) is 0.176. The van der Waals surface area contributed by atoms with Gasteiger partial charge in [-0.2, -0.15) is 4.98 Å². The van der Waals surface area contributed by atoms with Crippen LogP contribution in [0.4, 0.5) is 16.0 Å². The Morgan fingerprint density at radius 3 is 3.05 bits per heavy atom. The summed E-state index contributed by atoms with van der Waals surface area (Å²) in [6, 6.07) is 5.75. The van der Waals surface area contributed by atoms with Gasteiger partial charge in [0.25, 0.3) is 0 Å². The molecule has 0 aliphatic rings. The maximum absolute atomic E-state index is 12.9. The third-order valence-electron chi connectivity index (χ3n) is 2.15. The first-order valence-corrected chi connectivity index (χ1v) is 6.48. The fraction of sp³-hybridized carbons (Fsp3) is 0.182. The van der Waals surface area contributed by atoms with Gasteiger partial charge in [-0.15, -0.1) is 5.10 Å². The normalized spacial score (nSPS) is 10.4. The number of thioether (sulfide) groups is 1. The van der Waals surface area contributed by atoms with Crippen molar-refractivity contribution in [3.63, 3.8) is 0 Å². The molecule has 0 bridgehead atoms. The summed E-state index contributed by atoms with van der Waals surface area (Å²) < 4.78 is 12.9. The number of nitrogen functional groups attached to an aromatic ring is 1. The second-order valence-corrected chi connectivity index (χ2v) is 4.72. The van der Waals surface area contributed by atoms with Crippen LogP contribution in [0.1, 0.15) is 6.42 Å². The summed E-state index contributed by atoms with van der Waals surface area (Å²) in [5, 5.41) is 9.44. The van der Waals surface area contributed by atoms with Crippen molar-refractivity contribution in [3.8, 4) is 0 Å². The molecule has 1 aromatic heterocycles. The molecule has 0 fully saturated rings. The topological polar surface area (TPSA) is 96.7 Å². The number of benzene rings is 1. The van der Waals surface area contributed by atoms with Crippen LogP contribution in [0.2, 0.25) is 0 Å². The van der Waals surface area contributed by atoms with Crippen LogP contribution in [0, 0.1) is 5.82 Å². The Morgan fingerprint density at radius 1 is 1.53 bits per heavy atom. The predicted molar refractivity (Wildman–Crippen MR) is 71.2 cm³/mol. The number of carbonyl (C=O) groups excluding carboxylic acids is 1. The van der Waals surface area contributed by atoms with Gasteiger partial charge in [-0.25, -0.2) is 9.49 Å². The van der Waals surface area contributed by atoms with E-state index in [1.54, 1.807) is 6.07 Å². The molecule has 8 heteroatoms. The van der Waals surface area contributed by atoms with E-state index >= 15 is 0 Å². The van der Waals surface area contributed by atoms with E-state index in [-0.39, 0.29) is 24.1 Å². The van der Waals surface area contributed by atoms with Crippen molar-refractivity contribution in [3.05, 3.63) is 30.1 Å². The summed E-state index contributed by atoms with van der Waals surface area (Å²) in [5.41, 5.74) is 5.81. The first-order chi connectivity index (χ1) is 9.13. The van der Waals surface area contributed by atoms with Gasteiger partial charge in [-0.1, -0.05) is 17.8 Å². The summed E-state index contributed by atoms with van der Waals surface area (Å²) in [4.78, 5) is 15.5. The SMILES string of the molecule is Nc1nc(SCCC(=O)Nc2cccc(F)c2)n[nH]1. The summed E-state index contributed by atoms with van der Waals surface area (Å²) in [7, 11) is 0. The molecule has 0 spiro atoms. The summed E-state index contributed by atoms with van der Waals surface area (Å²) >= 11 is 1.31. The quantitative estimate of drug-likeness (QED) is 0.724. The third-order valence-corrected chi connectivity index (χ3v) is 3.00. The lowest BCUT2D eigenvalue weighted by Crippen LogP contribution is -2.12. The van der Waals surface area contributed by atoms with Gasteiger partial charge in [0, 0.05) is 17.9 Å². The number of H-pyrrole nitrogens is 1. The van der Waals surface area contributed by atoms with Gasteiger partial charge in [0.1, 0.15) is 5.82 Å². The van der Waals surface area contributed by atoms with Crippen LogP contribution in [0.3, 0.4) is 0 Å². The monoisotopic (exact) mass is 281 g/mol. The Balaban J connectivity index is 1.76. The molecule has 6 nitrogen and oxygen atoms in total. The molecular weight excluding hydrogens is 269 g/mol. The molecule has 0 saturated carbocycles. The fourth-order valence-corrected chi connectivity index (χ4v) is 2.09. The second-order valence-electron chi connectivity index (χ2n) is 3.66. The van der Waals surface area contributed by atoms with E-state index in [4.69, 9.17) is 5.73 Å². The zero-order chi connectivity index (χ0) is 13.7. The van der Waals surface area contributed by atoms with Crippen molar-refractivity contribution in [2.24, 2.45) is 0 Å². The van der Waals surface area contributed by atoms with E-state index in [0.717, 1.165) is 0 Å². The Bertz CT molecular complexity index is 574. The number of carbonyl (C=O) groups is 1. The molecule has 2 aromatic rings. The molecule has 4 N–H and O–H groups in total. The molecule has 0 atom stereocenters. The van der Waals surface area contributed by atoms with Crippen LogP contribution in [0.15, 0.2) is 29.4 Å². The minimum Gasteiger partial charge on any atom is -0.368 e. The highest BCUT2D eigenvalue weighted by molar-refractivity contribution is 7.99. The Morgan fingerprint density at radius 2 is 2.37 bits per heavy atom. The van der Waals surface area contributed by atoms with Gasteiger partial charge >= 0.3 is 0 Å². The molecule has 0 aliphatic heterocycles. The second kappa shape index (κ2) is 6.19.